The Kier molecular flexibility index (Phi) is 4.85. The molecule has 2 aliphatic heterocycles. The number of anilines is 1. The lowest BCUT2D eigenvalue weighted by atomic mass is 10.1. The first-order valence-corrected chi connectivity index (χ1v) is 10.3. The van der Waals surface area contributed by atoms with E-state index in [9.17, 15) is 14.4 Å². The van der Waals surface area contributed by atoms with Crippen molar-refractivity contribution in [1.82, 2.24) is 19.8 Å². The van der Waals surface area contributed by atoms with Gasteiger partial charge in [0.25, 0.3) is 17.8 Å². The van der Waals surface area contributed by atoms with Gasteiger partial charge in [-0.05, 0) is 30.7 Å². The van der Waals surface area contributed by atoms with E-state index < -0.39 is 0 Å². The highest BCUT2D eigenvalue weighted by atomic mass is 16.4. The van der Waals surface area contributed by atoms with Crippen LogP contribution in [0.1, 0.15) is 33.6 Å². The maximum absolute atomic E-state index is 12.8. The van der Waals surface area contributed by atoms with Crippen LogP contribution in [0.25, 0.3) is 11.2 Å². The number of carbonyl (C=O) groups excluding carboxylic acids is 3. The van der Waals surface area contributed by atoms with Crippen LogP contribution in [0.4, 0.5) is 6.01 Å². The first-order chi connectivity index (χ1) is 15.1. The Balaban J connectivity index is 1.19. The highest BCUT2D eigenvalue weighted by Gasteiger charge is 2.35. The lowest BCUT2D eigenvalue weighted by molar-refractivity contribution is -0.131. The molecule has 31 heavy (non-hydrogen) atoms. The summed E-state index contributed by atoms with van der Waals surface area (Å²) in [6.07, 6.45) is 2.54. The van der Waals surface area contributed by atoms with Gasteiger partial charge in [-0.3, -0.25) is 19.3 Å². The summed E-state index contributed by atoms with van der Waals surface area (Å²) in [5, 5.41) is 0. The van der Waals surface area contributed by atoms with Crippen LogP contribution in [0.2, 0.25) is 0 Å². The number of oxazole rings is 1. The zero-order valence-electron chi connectivity index (χ0n) is 16.9. The number of amides is 3. The number of aromatic nitrogens is 2. The summed E-state index contributed by atoms with van der Waals surface area (Å²) in [6, 6.07) is 10.9. The average Bonchev–Trinajstić information content (AvgIpc) is 3.20. The average molecular weight is 419 g/mol. The Morgan fingerprint density at radius 1 is 0.968 bits per heavy atom. The van der Waals surface area contributed by atoms with E-state index in [4.69, 9.17) is 4.42 Å². The second-order valence-corrected chi connectivity index (χ2v) is 7.60. The third-order valence-electron chi connectivity index (χ3n) is 5.70. The van der Waals surface area contributed by atoms with Crippen molar-refractivity contribution in [3.63, 3.8) is 0 Å². The fourth-order valence-electron chi connectivity index (χ4n) is 4.06. The summed E-state index contributed by atoms with van der Waals surface area (Å²) >= 11 is 0. The lowest BCUT2D eigenvalue weighted by Gasteiger charge is -2.22. The zero-order chi connectivity index (χ0) is 21.4. The van der Waals surface area contributed by atoms with E-state index in [2.05, 4.69) is 9.97 Å². The molecule has 9 heteroatoms. The maximum Gasteiger partial charge on any atom is 0.299 e. The molecule has 0 atom stereocenters. The fourth-order valence-corrected chi connectivity index (χ4v) is 4.06. The first-order valence-electron chi connectivity index (χ1n) is 10.3. The van der Waals surface area contributed by atoms with Crippen LogP contribution in [-0.2, 0) is 4.79 Å². The van der Waals surface area contributed by atoms with Crippen molar-refractivity contribution >= 4 is 35.0 Å². The SMILES string of the molecule is O=C(CCN1C(=O)c2ccccc2C1=O)N1CCCN(c2nc3cccnc3o2)CC1. The molecular formula is C22H21N5O4. The van der Waals surface area contributed by atoms with Crippen LogP contribution in [0, 0.1) is 0 Å². The highest BCUT2D eigenvalue weighted by molar-refractivity contribution is 6.21. The van der Waals surface area contributed by atoms with Crippen molar-refractivity contribution in [1.29, 1.82) is 0 Å². The summed E-state index contributed by atoms with van der Waals surface area (Å²) in [6.45, 7) is 2.52. The number of hydrogen-bond donors (Lipinski definition) is 0. The largest absolute Gasteiger partial charge is 0.404 e. The van der Waals surface area contributed by atoms with Crippen LogP contribution in [-0.4, -0.2) is 70.2 Å². The van der Waals surface area contributed by atoms with Gasteiger partial charge < -0.3 is 14.2 Å². The van der Waals surface area contributed by atoms with E-state index >= 15 is 0 Å². The predicted octanol–water partition coefficient (Wildman–Crippen LogP) is 1.95. The van der Waals surface area contributed by atoms with Gasteiger partial charge >= 0.3 is 0 Å². The molecule has 4 heterocycles. The Labute approximate surface area is 178 Å². The molecule has 9 nitrogen and oxygen atoms in total. The van der Waals surface area contributed by atoms with Crippen molar-refractivity contribution in [2.75, 3.05) is 37.6 Å². The summed E-state index contributed by atoms with van der Waals surface area (Å²) in [5.74, 6) is -0.738. The molecular weight excluding hydrogens is 398 g/mol. The van der Waals surface area contributed by atoms with E-state index in [0.29, 0.717) is 48.0 Å². The number of rotatable bonds is 4. The van der Waals surface area contributed by atoms with E-state index in [1.54, 1.807) is 35.4 Å². The third kappa shape index (κ3) is 3.52. The summed E-state index contributed by atoms with van der Waals surface area (Å²) in [5.41, 5.74) is 2.00. The fraction of sp³-hybridized carbons (Fsp3) is 0.318. The van der Waals surface area contributed by atoms with Gasteiger partial charge in [0.05, 0.1) is 11.1 Å². The summed E-state index contributed by atoms with van der Waals surface area (Å²) < 4.78 is 5.75. The molecule has 2 aliphatic rings. The standard InChI is InChI=1S/C22H21N5O4/c28-18(8-12-27-20(29)15-5-1-2-6-16(15)21(27)30)25-10-4-11-26(14-13-25)22-24-17-7-3-9-23-19(17)31-22/h1-3,5-7,9H,4,8,10-14H2. The van der Waals surface area contributed by atoms with Gasteiger partial charge in [-0.15, -0.1) is 0 Å². The quantitative estimate of drug-likeness (QED) is 0.596. The Bertz CT molecular complexity index is 1110. The summed E-state index contributed by atoms with van der Waals surface area (Å²) in [4.78, 5) is 51.4. The Hall–Kier alpha value is -3.75. The number of benzene rings is 1. The van der Waals surface area contributed by atoms with E-state index in [1.165, 1.54) is 0 Å². The molecule has 0 N–H and O–H groups in total. The minimum Gasteiger partial charge on any atom is -0.404 e. The molecule has 0 unspecified atom stereocenters. The number of nitrogens with zero attached hydrogens (tertiary/aromatic N) is 5. The molecule has 0 bridgehead atoms. The smallest absolute Gasteiger partial charge is 0.299 e. The van der Waals surface area contributed by atoms with Crippen LogP contribution in [0.5, 0.6) is 0 Å². The molecule has 0 radical (unpaired) electrons. The number of pyridine rings is 1. The maximum atomic E-state index is 12.8. The second-order valence-electron chi connectivity index (χ2n) is 7.60. The van der Waals surface area contributed by atoms with E-state index in [1.807, 2.05) is 17.0 Å². The van der Waals surface area contributed by atoms with E-state index in [-0.39, 0.29) is 30.7 Å². The number of hydrogen-bond acceptors (Lipinski definition) is 7. The van der Waals surface area contributed by atoms with Gasteiger partial charge in [-0.1, -0.05) is 12.1 Å². The normalized spacial score (nSPS) is 16.7. The van der Waals surface area contributed by atoms with Crippen LogP contribution in [0.15, 0.2) is 47.0 Å². The molecule has 0 spiro atoms. The lowest BCUT2D eigenvalue weighted by Crippen LogP contribution is -2.38. The second kappa shape index (κ2) is 7.82. The van der Waals surface area contributed by atoms with Crippen molar-refractivity contribution in [3.05, 3.63) is 53.7 Å². The monoisotopic (exact) mass is 419 g/mol. The van der Waals surface area contributed by atoms with Crippen LogP contribution in [0.3, 0.4) is 0 Å². The number of imide groups is 1. The van der Waals surface area contributed by atoms with Crippen molar-refractivity contribution in [2.45, 2.75) is 12.8 Å². The van der Waals surface area contributed by atoms with Gasteiger partial charge in [-0.25, -0.2) is 4.98 Å². The Morgan fingerprint density at radius 3 is 2.48 bits per heavy atom. The molecule has 0 aliphatic carbocycles. The van der Waals surface area contributed by atoms with Crippen LogP contribution >= 0.6 is 0 Å². The van der Waals surface area contributed by atoms with Crippen LogP contribution < -0.4 is 4.90 Å². The molecule has 2 aromatic heterocycles. The van der Waals surface area contributed by atoms with Gasteiger partial charge in [-0.2, -0.15) is 4.98 Å². The van der Waals surface area contributed by atoms with Gasteiger partial charge in [0.15, 0.2) is 0 Å². The molecule has 1 saturated heterocycles. The first kappa shape index (κ1) is 19.2. The molecule has 3 aromatic rings. The van der Waals surface area contributed by atoms with E-state index in [0.717, 1.165) is 17.9 Å². The van der Waals surface area contributed by atoms with Gasteiger partial charge in [0.1, 0.15) is 5.52 Å². The van der Waals surface area contributed by atoms with Gasteiger partial charge in [0, 0.05) is 45.3 Å². The topological polar surface area (TPSA) is 99.9 Å². The number of carbonyl (C=O) groups is 3. The molecule has 5 rings (SSSR count). The summed E-state index contributed by atoms with van der Waals surface area (Å²) in [7, 11) is 0. The predicted molar refractivity (Wildman–Crippen MR) is 112 cm³/mol. The minimum absolute atomic E-state index is 0.0716. The molecule has 1 fully saturated rings. The number of fused-ring (bicyclic) bond motifs is 2. The van der Waals surface area contributed by atoms with Gasteiger partial charge in [0.2, 0.25) is 11.6 Å². The molecule has 0 saturated carbocycles. The van der Waals surface area contributed by atoms with Crippen molar-refractivity contribution in [2.24, 2.45) is 0 Å². The highest BCUT2D eigenvalue weighted by Crippen LogP contribution is 2.23. The third-order valence-corrected chi connectivity index (χ3v) is 5.70. The molecule has 1 aromatic carbocycles. The zero-order valence-corrected chi connectivity index (χ0v) is 16.9. The Morgan fingerprint density at radius 2 is 1.74 bits per heavy atom. The molecule has 158 valence electrons. The van der Waals surface area contributed by atoms with Crippen molar-refractivity contribution < 1.29 is 18.8 Å². The molecule has 3 amide bonds. The van der Waals surface area contributed by atoms with Crippen molar-refractivity contribution in [3.8, 4) is 0 Å². The minimum atomic E-state index is -0.333.